The smallest absolute Gasteiger partial charge is 0.403 e. The summed E-state index contributed by atoms with van der Waals surface area (Å²) in [7, 11) is -0.0382. The molecule has 0 N–H and O–H groups in total. The molecule has 0 unspecified atom stereocenters. The second-order valence-corrected chi connectivity index (χ2v) is 12.5. The Balaban J connectivity index is 1.38. The van der Waals surface area contributed by atoms with Crippen LogP contribution in [0.3, 0.4) is 0 Å². The van der Waals surface area contributed by atoms with Gasteiger partial charge in [-0.3, -0.25) is 0 Å². The highest BCUT2D eigenvalue weighted by Crippen LogP contribution is 2.78. The van der Waals surface area contributed by atoms with Crippen LogP contribution in [0.2, 0.25) is 5.31 Å². The summed E-state index contributed by atoms with van der Waals surface area (Å²) in [6.45, 7) is 8.92. The average Bonchev–Trinajstić information content (AvgIpc) is 2.81. The Hall–Kier alpha value is -0.795. The van der Waals surface area contributed by atoms with Crippen molar-refractivity contribution in [2.24, 2.45) is 23.2 Å². The number of rotatable bonds is 3. The predicted octanol–water partition coefficient (Wildman–Crippen LogP) is 6.61. The van der Waals surface area contributed by atoms with E-state index >= 15 is 0 Å². The van der Waals surface area contributed by atoms with Crippen molar-refractivity contribution in [1.29, 1.82) is 0 Å². The molecule has 5 aliphatic carbocycles. The van der Waals surface area contributed by atoms with Crippen LogP contribution >= 0.6 is 0 Å². The van der Waals surface area contributed by atoms with Crippen LogP contribution in [0, 0.1) is 23.2 Å². The fourth-order valence-corrected chi connectivity index (χ4v) is 8.45. The van der Waals surface area contributed by atoms with Crippen LogP contribution in [0.5, 0.6) is 0 Å². The molecular formula is C26H37BO2. The molecule has 2 nitrogen and oxygen atoms in total. The molecule has 29 heavy (non-hydrogen) atoms. The Morgan fingerprint density at radius 1 is 0.724 bits per heavy atom. The highest BCUT2D eigenvalue weighted by Gasteiger charge is 2.72. The molecule has 7 rings (SSSR count). The number of hydrogen-bond donors (Lipinski definition) is 0. The minimum absolute atomic E-state index is 0.0382. The molecule has 0 aromatic heterocycles. The lowest BCUT2D eigenvalue weighted by Crippen LogP contribution is -2.61. The molecule has 1 aromatic carbocycles. The van der Waals surface area contributed by atoms with Crippen LogP contribution in [-0.4, -0.2) is 18.3 Å². The van der Waals surface area contributed by atoms with Gasteiger partial charge in [0.2, 0.25) is 0 Å². The van der Waals surface area contributed by atoms with E-state index in [9.17, 15) is 0 Å². The molecule has 6 aliphatic rings. The van der Waals surface area contributed by atoms with Crippen molar-refractivity contribution in [2.75, 3.05) is 0 Å². The standard InChI is InChI=1S/C26H37BO2/c1-23(2)24(3,4)29-27(28-23)26(16-22(17-26)21-8-6-5-7-9-21)25-13-18-10-19(14-25)12-20(11-18)15-25/h5-9,18-20,22H,10-17H2,1-4H3. The minimum Gasteiger partial charge on any atom is -0.403 e. The first kappa shape index (κ1) is 18.9. The highest BCUT2D eigenvalue weighted by molar-refractivity contribution is 6.50. The highest BCUT2D eigenvalue weighted by atomic mass is 16.7. The fraction of sp³-hybridized carbons (Fsp3) is 0.769. The van der Waals surface area contributed by atoms with Crippen LogP contribution < -0.4 is 0 Å². The van der Waals surface area contributed by atoms with Gasteiger partial charge in [0, 0.05) is 5.31 Å². The molecule has 6 fully saturated rings. The molecule has 0 atom stereocenters. The molecule has 1 saturated heterocycles. The molecule has 5 saturated carbocycles. The molecular weight excluding hydrogens is 355 g/mol. The fourth-order valence-electron chi connectivity index (χ4n) is 8.45. The van der Waals surface area contributed by atoms with Crippen LogP contribution in [0.25, 0.3) is 0 Å². The molecule has 3 heteroatoms. The van der Waals surface area contributed by atoms with E-state index in [4.69, 9.17) is 9.31 Å². The third kappa shape index (κ3) is 2.56. The summed E-state index contributed by atoms with van der Waals surface area (Å²) in [4.78, 5) is 0. The molecule has 0 spiro atoms. The van der Waals surface area contributed by atoms with Crippen molar-refractivity contribution in [1.82, 2.24) is 0 Å². The Morgan fingerprint density at radius 3 is 1.69 bits per heavy atom. The normalized spacial score (nSPS) is 46.7. The minimum atomic E-state index is -0.231. The first-order chi connectivity index (χ1) is 13.7. The topological polar surface area (TPSA) is 18.5 Å². The van der Waals surface area contributed by atoms with E-state index < -0.39 is 0 Å². The van der Waals surface area contributed by atoms with Gasteiger partial charge >= 0.3 is 7.12 Å². The van der Waals surface area contributed by atoms with Gasteiger partial charge in [0.05, 0.1) is 11.2 Å². The van der Waals surface area contributed by atoms with Crippen molar-refractivity contribution in [3.63, 3.8) is 0 Å². The Bertz CT molecular complexity index is 741. The zero-order valence-corrected chi connectivity index (χ0v) is 18.7. The van der Waals surface area contributed by atoms with Crippen molar-refractivity contribution in [3.8, 4) is 0 Å². The first-order valence-corrected chi connectivity index (χ1v) is 12.1. The van der Waals surface area contributed by atoms with E-state index in [2.05, 4.69) is 58.0 Å². The Kier molecular flexibility index (Phi) is 3.86. The molecule has 0 amide bonds. The molecule has 4 bridgehead atoms. The second-order valence-electron chi connectivity index (χ2n) is 12.5. The maximum absolute atomic E-state index is 6.82. The van der Waals surface area contributed by atoms with Crippen LogP contribution in [-0.2, 0) is 9.31 Å². The van der Waals surface area contributed by atoms with Gasteiger partial charge in [0.25, 0.3) is 0 Å². The zero-order valence-electron chi connectivity index (χ0n) is 18.7. The van der Waals surface area contributed by atoms with E-state index in [0.717, 1.165) is 17.8 Å². The first-order valence-electron chi connectivity index (χ1n) is 12.1. The summed E-state index contributed by atoms with van der Waals surface area (Å²) in [5.41, 5.74) is 1.51. The van der Waals surface area contributed by atoms with Gasteiger partial charge in [0.1, 0.15) is 0 Å². The second kappa shape index (κ2) is 5.91. The lowest BCUT2D eigenvalue weighted by Gasteiger charge is -2.68. The number of hydrogen-bond acceptors (Lipinski definition) is 2. The summed E-state index contributed by atoms with van der Waals surface area (Å²) < 4.78 is 13.6. The zero-order chi connectivity index (χ0) is 20.1. The summed E-state index contributed by atoms with van der Waals surface area (Å²) in [6.07, 6.45) is 11.3. The third-order valence-corrected chi connectivity index (χ3v) is 10.3. The van der Waals surface area contributed by atoms with Gasteiger partial charge in [-0.2, -0.15) is 0 Å². The Labute approximate surface area is 177 Å². The molecule has 1 aromatic rings. The molecule has 156 valence electrons. The van der Waals surface area contributed by atoms with E-state index in [-0.39, 0.29) is 23.6 Å². The summed E-state index contributed by atoms with van der Waals surface area (Å²) >= 11 is 0. The van der Waals surface area contributed by atoms with Gasteiger partial charge in [-0.1, -0.05) is 30.3 Å². The van der Waals surface area contributed by atoms with Gasteiger partial charge in [-0.15, -0.1) is 0 Å². The Morgan fingerprint density at radius 2 is 1.21 bits per heavy atom. The van der Waals surface area contributed by atoms with Gasteiger partial charge < -0.3 is 9.31 Å². The SMILES string of the molecule is CC1(C)OB(C2(C34CC5CC(CC(C5)C3)C4)CC(c3ccccc3)C2)OC1(C)C. The van der Waals surface area contributed by atoms with Crippen LogP contribution in [0.1, 0.15) is 90.5 Å². The summed E-state index contributed by atoms with van der Waals surface area (Å²) in [5, 5.41) is 0.203. The maximum Gasteiger partial charge on any atom is 0.465 e. The van der Waals surface area contributed by atoms with Gasteiger partial charge in [0.15, 0.2) is 0 Å². The summed E-state index contributed by atoms with van der Waals surface area (Å²) in [6, 6.07) is 11.2. The van der Waals surface area contributed by atoms with Crippen molar-refractivity contribution in [2.45, 2.75) is 101 Å². The van der Waals surface area contributed by atoms with E-state index in [1.54, 1.807) is 0 Å². The quantitative estimate of drug-likeness (QED) is 0.539. The molecule has 0 radical (unpaired) electrons. The van der Waals surface area contributed by atoms with Gasteiger partial charge in [-0.05, 0) is 114 Å². The monoisotopic (exact) mass is 392 g/mol. The van der Waals surface area contributed by atoms with Crippen molar-refractivity contribution >= 4 is 7.12 Å². The third-order valence-electron chi connectivity index (χ3n) is 10.3. The lowest BCUT2D eigenvalue weighted by molar-refractivity contribution is -0.112. The number of benzene rings is 1. The average molecular weight is 392 g/mol. The summed E-state index contributed by atoms with van der Waals surface area (Å²) in [5.74, 6) is 3.58. The van der Waals surface area contributed by atoms with E-state index in [1.165, 1.54) is 56.9 Å². The van der Waals surface area contributed by atoms with E-state index in [0.29, 0.717) is 11.3 Å². The largest absolute Gasteiger partial charge is 0.465 e. The van der Waals surface area contributed by atoms with Gasteiger partial charge in [-0.25, -0.2) is 0 Å². The molecule has 1 heterocycles. The van der Waals surface area contributed by atoms with Crippen molar-refractivity contribution < 1.29 is 9.31 Å². The van der Waals surface area contributed by atoms with E-state index in [1.807, 2.05) is 0 Å². The van der Waals surface area contributed by atoms with Crippen molar-refractivity contribution in [3.05, 3.63) is 35.9 Å². The predicted molar refractivity (Wildman–Crippen MR) is 118 cm³/mol. The van der Waals surface area contributed by atoms with Crippen LogP contribution in [0.4, 0.5) is 0 Å². The maximum atomic E-state index is 6.82. The van der Waals surface area contributed by atoms with Crippen LogP contribution in [0.15, 0.2) is 30.3 Å². The lowest BCUT2D eigenvalue weighted by atomic mass is 9.28. The molecule has 1 aliphatic heterocycles.